The molecular formula is C21H26N4O2. The van der Waals surface area contributed by atoms with Gasteiger partial charge in [0.15, 0.2) is 0 Å². The zero-order valence-electron chi connectivity index (χ0n) is 15.9. The second-order valence-corrected chi connectivity index (χ2v) is 8.27. The topological polar surface area (TPSA) is 61.5 Å². The molecule has 1 saturated carbocycles. The summed E-state index contributed by atoms with van der Waals surface area (Å²) in [6.45, 7) is 2.65. The second-order valence-electron chi connectivity index (χ2n) is 8.27. The SMILES string of the molecule is COc1ccc([C@@H]2[C@@H]3CN(C(=O)c4cc(C5CC5)[nH]n4)C[C@@H]3CN2C)cc1. The fourth-order valence-corrected chi connectivity index (χ4v) is 4.94. The third-order valence-electron chi connectivity index (χ3n) is 6.47. The number of nitrogens with zero attached hydrogens (tertiary/aromatic N) is 3. The minimum absolute atomic E-state index is 0.0729. The van der Waals surface area contributed by atoms with Crippen molar-refractivity contribution in [2.75, 3.05) is 33.8 Å². The molecule has 1 aromatic carbocycles. The van der Waals surface area contributed by atoms with Gasteiger partial charge in [-0.25, -0.2) is 0 Å². The predicted molar refractivity (Wildman–Crippen MR) is 102 cm³/mol. The van der Waals surface area contributed by atoms with Crippen LogP contribution in [0, 0.1) is 11.8 Å². The van der Waals surface area contributed by atoms with E-state index in [9.17, 15) is 4.79 Å². The van der Waals surface area contributed by atoms with Gasteiger partial charge in [0.05, 0.1) is 7.11 Å². The normalized spacial score (nSPS) is 27.8. The quantitative estimate of drug-likeness (QED) is 0.904. The van der Waals surface area contributed by atoms with Gasteiger partial charge in [-0.1, -0.05) is 12.1 Å². The number of nitrogens with one attached hydrogen (secondary N) is 1. The van der Waals surface area contributed by atoms with E-state index in [1.165, 1.54) is 18.4 Å². The lowest BCUT2D eigenvalue weighted by Gasteiger charge is -2.26. The van der Waals surface area contributed by atoms with Crippen LogP contribution in [0.5, 0.6) is 5.75 Å². The number of aromatic amines is 1. The molecule has 6 nitrogen and oxygen atoms in total. The maximum Gasteiger partial charge on any atom is 0.274 e. The highest BCUT2D eigenvalue weighted by Crippen LogP contribution is 2.44. The molecule has 27 heavy (non-hydrogen) atoms. The fourth-order valence-electron chi connectivity index (χ4n) is 4.94. The molecule has 2 saturated heterocycles. The van der Waals surface area contributed by atoms with E-state index < -0.39 is 0 Å². The molecule has 142 valence electrons. The average molecular weight is 366 g/mol. The Morgan fingerprint density at radius 2 is 1.96 bits per heavy atom. The third-order valence-corrected chi connectivity index (χ3v) is 6.47. The molecule has 0 bridgehead atoms. The fraction of sp³-hybridized carbons (Fsp3) is 0.524. The number of amides is 1. The Bertz CT molecular complexity index is 842. The first-order chi connectivity index (χ1) is 13.1. The van der Waals surface area contributed by atoms with E-state index in [0.717, 1.165) is 31.1 Å². The minimum Gasteiger partial charge on any atom is -0.497 e. The Labute approximate surface area is 159 Å². The van der Waals surface area contributed by atoms with Crippen molar-refractivity contribution in [1.82, 2.24) is 20.0 Å². The molecule has 0 unspecified atom stereocenters. The van der Waals surface area contributed by atoms with Gasteiger partial charge in [-0.05, 0) is 49.6 Å². The second kappa shape index (κ2) is 6.37. The largest absolute Gasteiger partial charge is 0.497 e. The zero-order valence-corrected chi connectivity index (χ0v) is 15.9. The number of ether oxygens (including phenoxy) is 1. The van der Waals surface area contributed by atoms with Crippen molar-refractivity contribution in [3.8, 4) is 5.75 Å². The Kier molecular flexibility index (Phi) is 3.97. The third kappa shape index (κ3) is 2.92. The number of hydrogen-bond acceptors (Lipinski definition) is 4. The molecule has 6 heteroatoms. The number of likely N-dealkylation sites (tertiary alicyclic amines) is 2. The summed E-state index contributed by atoms with van der Waals surface area (Å²) < 4.78 is 5.29. The van der Waals surface area contributed by atoms with E-state index >= 15 is 0 Å². The van der Waals surface area contributed by atoms with Crippen molar-refractivity contribution in [2.24, 2.45) is 11.8 Å². The molecule has 3 heterocycles. The van der Waals surface area contributed by atoms with E-state index in [1.54, 1.807) is 7.11 Å². The van der Waals surface area contributed by atoms with Crippen LogP contribution < -0.4 is 4.74 Å². The zero-order chi connectivity index (χ0) is 18.5. The first-order valence-electron chi connectivity index (χ1n) is 9.83. The maximum atomic E-state index is 13.0. The highest BCUT2D eigenvalue weighted by atomic mass is 16.5. The summed E-state index contributed by atoms with van der Waals surface area (Å²) in [5, 5.41) is 7.34. The first kappa shape index (κ1) is 16.8. The van der Waals surface area contributed by atoms with Crippen LogP contribution >= 0.6 is 0 Å². The molecule has 3 fully saturated rings. The molecule has 3 aliphatic rings. The monoisotopic (exact) mass is 366 g/mol. The van der Waals surface area contributed by atoms with Gasteiger partial charge >= 0.3 is 0 Å². The Morgan fingerprint density at radius 3 is 2.67 bits per heavy atom. The van der Waals surface area contributed by atoms with Gasteiger partial charge in [0, 0.05) is 43.2 Å². The number of carbonyl (C=O) groups excluding carboxylic acids is 1. The molecule has 1 N–H and O–H groups in total. The van der Waals surface area contributed by atoms with Crippen LogP contribution in [-0.4, -0.2) is 59.7 Å². The lowest BCUT2D eigenvalue weighted by molar-refractivity contribution is 0.0762. The van der Waals surface area contributed by atoms with Gasteiger partial charge in [0.25, 0.3) is 5.91 Å². The number of rotatable bonds is 4. The van der Waals surface area contributed by atoms with Gasteiger partial charge in [0.1, 0.15) is 11.4 Å². The van der Waals surface area contributed by atoms with E-state index in [2.05, 4.69) is 34.3 Å². The molecule has 0 radical (unpaired) electrons. The van der Waals surface area contributed by atoms with Crippen LogP contribution in [0.15, 0.2) is 30.3 Å². The summed E-state index contributed by atoms with van der Waals surface area (Å²) in [4.78, 5) is 17.4. The standard InChI is InChI=1S/C21H26N4O2/c1-24-10-15-11-25(21(26)19-9-18(22-23-19)13-3-4-13)12-17(15)20(24)14-5-7-16(27-2)8-6-14/h5-9,13,15,17,20H,3-4,10-12H2,1-2H3,(H,22,23)/t15-,17+,20+/m0/s1. The predicted octanol–water partition coefficient (Wildman–Crippen LogP) is 2.67. The lowest BCUT2D eigenvalue weighted by atomic mass is 9.89. The van der Waals surface area contributed by atoms with Crippen molar-refractivity contribution < 1.29 is 9.53 Å². The Balaban J connectivity index is 1.32. The maximum absolute atomic E-state index is 13.0. The number of hydrogen-bond donors (Lipinski definition) is 1. The van der Waals surface area contributed by atoms with Gasteiger partial charge in [-0.3, -0.25) is 14.8 Å². The summed E-state index contributed by atoms with van der Waals surface area (Å²) in [5.74, 6) is 2.53. The van der Waals surface area contributed by atoms with E-state index in [0.29, 0.717) is 29.5 Å². The minimum atomic E-state index is 0.0729. The number of fused-ring (bicyclic) bond motifs is 1. The number of carbonyl (C=O) groups is 1. The van der Waals surface area contributed by atoms with Crippen LogP contribution in [0.3, 0.4) is 0 Å². The van der Waals surface area contributed by atoms with Crippen molar-refractivity contribution in [3.63, 3.8) is 0 Å². The van der Waals surface area contributed by atoms with Gasteiger partial charge in [-0.2, -0.15) is 5.10 Å². The van der Waals surface area contributed by atoms with Crippen LogP contribution in [0.4, 0.5) is 0 Å². The number of H-pyrrole nitrogens is 1. The van der Waals surface area contributed by atoms with E-state index in [4.69, 9.17) is 4.74 Å². The summed E-state index contributed by atoms with van der Waals surface area (Å²) in [7, 11) is 3.88. The average Bonchev–Trinajstić information content (AvgIpc) is 3.14. The molecule has 2 aromatic rings. The molecule has 3 atom stereocenters. The highest BCUT2D eigenvalue weighted by Gasteiger charge is 2.47. The molecule has 1 aliphatic carbocycles. The van der Waals surface area contributed by atoms with Gasteiger partial charge in [-0.15, -0.1) is 0 Å². The van der Waals surface area contributed by atoms with Crippen molar-refractivity contribution in [2.45, 2.75) is 24.8 Å². The Morgan fingerprint density at radius 1 is 1.19 bits per heavy atom. The number of aromatic nitrogens is 2. The van der Waals surface area contributed by atoms with Crippen molar-refractivity contribution >= 4 is 5.91 Å². The first-order valence-corrected chi connectivity index (χ1v) is 9.83. The smallest absolute Gasteiger partial charge is 0.274 e. The van der Waals surface area contributed by atoms with E-state index in [1.807, 2.05) is 23.1 Å². The summed E-state index contributed by atoms with van der Waals surface area (Å²) in [6, 6.07) is 10.7. The molecule has 5 rings (SSSR count). The number of benzene rings is 1. The Hall–Kier alpha value is -2.34. The molecule has 1 amide bonds. The molecule has 2 aliphatic heterocycles. The van der Waals surface area contributed by atoms with Crippen molar-refractivity contribution in [1.29, 1.82) is 0 Å². The summed E-state index contributed by atoms with van der Waals surface area (Å²) in [6.07, 6.45) is 2.42. The highest BCUT2D eigenvalue weighted by molar-refractivity contribution is 5.92. The molecular weight excluding hydrogens is 340 g/mol. The van der Waals surface area contributed by atoms with Crippen LogP contribution in [-0.2, 0) is 0 Å². The van der Waals surface area contributed by atoms with Crippen LogP contribution in [0.25, 0.3) is 0 Å². The van der Waals surface area contributed by atoms with Gasteiger partial charge < -0.3 is 9.64 Å². The lowest BCUT2D eigenvalue weighted by Crippen LogP contribution is -2.33. The summed E-state index contributed by atoms with van der Waals surface area (Å²) in [5.41, 5.74) is 3.00. The molecule has 1 aromatic heterocycles. The van der Waals surface area contributed by atoms with Gasteiger partial charge in [0.2, 0.25) is 0 Å². The summed E-state index contributed by atoms with van der Waals surface area (Å²) >= 11 is 0. The van der Waals surface area contributed by atoms with E-state index in [-0.39, 0.29) is 5.91 Å². The molecule has 0 spiro atoms. The van der Waals surface area contributed by atoms with Crippen LogP contribution in [0.2, 0.25) is 0 Å². The van der Waals surface area contributed by atoms with Crippen molar-refractivity contribution in [3.05, 3.63) is 47.3 Å². The number of methoxy groups -OCH3 is 1. The van der Waals surface area contributed by atoms with Crippen LogP contribution in [0.1, 0.15) is 46.5 Å².